The van der Waals surface area contributed by atoms with Crippen LogP contribution in [0.3, 0.4) is 0 Å². The lowest BCUT2D eigenvalue weighted by molar-refractivity contribution is -0.152. The summed E-state index contributed by atoms with van der Waals surface area (Å²) < 4.78 is 9.59. The summed E-state index contributed by atoms with van der Waals surface area (Å²) in [5.74, 6) is -1.37. The molecule has 8 heteroatoms. The number of benzene rings is 1. The lowest BCUT2D eigenvalue weighted by Crippen LogP contribution is -2.53. The van der Waals surface area contributed by atoms with Crippen molar-refractivity contribution >= 4 is 23.6 Å². The van der Waals surface area contributed by atoms with Gasteiger partial charge in [0.25, 0.3) is 0 Å². The Bertz CT molecular complexity index is 736. The SMILES string of the molecule is COC(=O)C(CCC(=O)c1ccccc1)N[C@@H](C)C(=O)N1CCC[C@H]1C(=O)OC. The fourth-order valence-electron chi connectivity index (χ4n) is 3.49. The van der Waals surface area contributed by atoms with Crippen molar-refractivity contribution < 1.29 is 28.7 Å². The average molecular weight is 404 g/mol. The molecule has 1 N–H and O–H groups in total. The van der Waals surface area contributed by atoms with Crippen LogP contribution in [0, 0.1) is 0 Å². The predicted octanol–water partition coefficient (Wildman–Crippen LogP) is 1.33. The van der Waals surface area contributed by atoms with Crippen LogP contribution in [-0.2, 0) is 23.9 Å². The van der Waals surface area contributed by atoms with Crippen molar-refractivity contribution in [2.45, 2.75) is 50.7 Å². The summed E-state index contributed by atoms with van der Waals surface area (Å²) in [7, 11) is 2.55. The summed E-state index contributed by atoms with van der Waals surface area (Å²) in [6.45, 7) is 2.09. The van der Waals surface area contributed by atoms with E-state index in [1.54, 1.807) is 31.2 Å². The smallest absolute Gasteiger partial charge is 0.328 e. The molecule has 158 valence electrons. The van der Waals surface area contributed by atoms with Crippen LogP contribution >= 0.6 is 0 Å². The van der Waals surface area contributed by atoms with Crippen molar-refractivity contribution in [3.05, 3.63) is 35.9 Å². The quantitative estimate of drug-likeness (QED) is 0.489. The minimum atomic E-state index is -0.814. The van der Waals surface area contributed by atoms with Gasteiger partial charge in [0, 0.05) is 18.5 Å². The molecule has 1 heterocycles. The highest BCUT2D eigenvalue weighted by molar-refractivity contribution is 5.96. The number of carbonyl (C=O) groups excluding carboxylic acids is 4. The Hall–Kier alpha value is -2.74. The summed E-state index contributed by atoms with van der Waals surface area (Å²) in [4.78, 5) is 50.7. The summed E-state index contributed by atoms with van der Waals surface area (Å²) in [5.41, 5.74) is 0.568. The van der Waals surface area contributed by atoms with Gasteiger partial charge in [-0.15, -0.1) is 0 Å². The Balaban J connectivity index is 1.99. The Kier molecular flexibility index (Phi) is 8.33. The third kappa shape index (κ3) is 5.87. The Labute approximate surface area is 170 Å². The molecule has 1 amide bonds. The summed E-state index contributed by atoms with van der Waals surface area (Å²) >= 11 is 0. The molecule has 1 unspecified atom stereocenters. The molecule has 0 saturated carbocycles. The molecular weight excluding hydrogens is 376 g/mol. The highest BCUT2D eigenvalue weighted by Crippen LogP contribution is 2.20. The molecule has 29 heavy (non-hydrogen) atoms. The molecule has 0 aromatic heterocycles. The monoisotopic (exact) mass is 404 g/mol. The van der Waals surface area contributed by atoms with Crippen molar-refractivity contribution in [3.8, 4) is 0 Å². The Morgan fingerprint density at radius 1 is 1.14 bits per heavy atom. The van der Waals surface area contributed by atoms with Crippen LogP contribution in [0.5, 0.6) is 0 Å². The van der Waals surface area contributed by atoms with Crippen LogP contribution in [0.1, 0.15) is 43.0 Å². The Morgan fingerprint density at radius 3 is 2.45 bits per heavy atom. The maximum absolute atomic E-state index is 12.8. The largest absolute Gasteiger partial charge is 0.468 e. The van der Waals surface area contributed by atoms with E-state index in [1.165, 1.54) is 19.1 Å². The fraction of sp³-hybridized carbons (Fsp3) is 0.524. The molecule has 2 rings (SSSR count). The number of methoxy groups -OCH3 is 2. The van der Waals surface area contributed by atoms with E-state index < -0.39 is 30.1 Å². The summed E-state index contributed by atoms with van der Waals surface area (Å²) in [6.07, 6.45) is 1.59. The molecule has 1 aliphatic heterocycles. The molecule has 1 aliphatic rings. The molecule has 0 bridgehead atoms. The first-order valence-electron chi connectivity index (χ1n) is 9.69. The number of esters is 2. The second-order valence-electron chi connectivity index (χ2n) is 7.00. The maximum Gasteiger partial charge on any atom is 0.328 e. The van der Waals surface area contributed by atoms with Crippen LogP contribution in [0.4, 0.5) is 0 Å². The minimum absolute atomic E-state index is 0.0921. The number of carbonyl (C=O) groups is 4. The van der Waals surface area contributed by atoms with Gasteiger partial charge in [0.1, 0.15) is 12.1 Å². The van der Waals surface area contributed by atoms with E-state index in [0.29, 0.717) is 24.9 Å². The van der Waals surface area contributed by atoms with Gasteiger partial charge in [-0.05, 0) is 26.2 Å². The lowest BCUT2D eigenvalue weighted by Gasteiger charge is -2.28. The fourth-order valence-corrected chi connectivity index (χ4v) is 3.49. The summed E-state index contributed by atoms with van der Waals surface area (Å²) in [6, 6.07) is 6.67. The van der Waals surface area contributed by atoms with Gasteiger partial charge in [0.15, 0.2) is 5.78 Å². The van der Waals surface area contributed by atoms with Crippen molar-refractivity contribution in [1.82, 2.24) is 10.2 Å². The first-order valence-corrected chi connectivity index (χ1v) is 9.69. The van der Waals surface area contributed by atoms with Gasteiger partial charge in [-0.25, -0.2) is 4.79 Å². The molecule has 0 radical (unpaired) electrons. The zero-order chi connectivity index (χ0) is 21.4. The molecule has 1 fully saturated rings. The van der Waals surface area contributed by atoms with E-state index in [9.17, 15) is 19.2 Å². The van der Waals surface area contributed by atoms with Gasteiger partial charge >= 0.3 is 11.9 Å². The molecule has 1 aromatic carbocycles. The number of likely N-dealkylation sites (tertiary alicyclic amines) is 1. The number of nitrogens with one attached hydrogen (secondary N) is 1. The highest BCUT2D eigenvalue weighted by Gasteiger charge is 2.37. The van der Waals surface area contributed by atoms with Gasteiger partial charge in [-0.3, -0.25) is 19.7 Å². The predicted molar refractivity (Wildman–Crippen MR) is 105 cm³/mol. The third-order valence-corrected chi connectivity index (χ3v) is 5.07. The zero-order valence-corrected chi connectivity index (χ0v) is 17.1. The van der Waals surface area contributed by atoms with Gasteiger partial charge in [0.05, 0.1) is 20.3 Å². The number of hydrogen-bond acceptors (Lipinski definition) is 7. The third-order valence-electron chi connectivity index (χ3n) is 5.07. The van der Waals surface area contributed by atoms with Crippen LogP contribution in [0.15, 0.2) is 30.3 Å². The van der Waals surface area contributed by atoms with E-state index >= 15 is 0 Å². The van der Waals surface area contributed by atoms with Gasteiger partial charge < -0.3 is 14.4 Å². The van der Waals surface area contributed by atoms with E-state index in [1.807, 2.05) is 6.07 Å². The second-order valence-corrected chi connectivity index (χ2v) is 7.00. The van der Waals surface area contributed by atoms with Crippen LogP contribution in [-0.4, -0.2) is 67.4 Å². The standard InChI is InChI=1S/C21H28N2O6/c1-14(19(25)23-13-7-10-17(23)21(27)29-3)22-16(20(26)28-2)11-12-18(24)15-8-5-4-6-9-15/h4-6,8-9,14,16-17,22H,7,10-13H2,1-3H3/t14-,16?,17-/m0/s1. The summed E-state index contributed by atoms with van der Waals surface area (Å²) in [5, 5.41) is 2.96. The Morgan fingerprint density at radius 2 is 1.83 bits per heavy atom. The molecule has 8 nitrogen and oxygen atoms in total. The van der Waals surface area contributed by atoms with Crippen molar-refractivity contribution in [1.29, 1.82) is 0 Å². The number of amides is 1. The normalized spacial score (nSPS) is 18.0. The van der Waals surface area contributed by atoms with Gasteiger partial charge in [-0.2, -0.15) is 0 Å². The van der Waals surface area contributed by atoms with Crippen LogP contribution in [0.2, 0.25) is 0 Å². The van der Waals surface area contributed by atoms with E-state index in [0.717, 1.165) is 0 Å². The minimum Gasteiger partial charge on any atom is -0.468 e. The second kappa shape index (κ2) is 10.7. The molecule has 0 spiro atoms. The van der Waals surface area contributed by atoms with Crippen molar-refractivity contribution in [3.63, 3.8) is 0 Å². The van der Waals surface area contributed by atoms with Crippen LogP contribution < -0.4 is 5.32 Å². The number of ketones is 1. The first kappa shape index (κ1) is 22.5. The number of Topliss-reactive ketones (excluding diaryl/α,β-unsaturated/α-hetero) is 1. The van der Waals surface area contributed by atoms with Crippen molar-refractivity contribution in [2.24, 2.45) is 0 Å². The number of hydrogen-bond donors (Lipinski definition) is 1. The first-order chi connectivity index (χ1) is 13.9. The number of ether oxygens (including phenoxy) is 2. The van der Waals surface area contributed by atoms with Crippen LogP contribution in [0.25, 0.3) is 0 Å². The average Bonchev–Trinajstić information content (AvgIpc) is 3.24. The van der Waals surface area contributed by atoms with E-state index in [2.05, 4.69) is 5.32 Å². The van der Waals surface area contributed by atoms with Crippen molar-refractivity contribution in [2.75, 3.05) is 20.8 Å². The molecule has 0 aliphatic carbocycles. The van der Waals surface area contributed by atoms with Gasteiger partial charge in [-0.1, -0.05) is 30.3 Å². The molecular formula is C21H28N2O6. The number of nitrogens with zero attached hydrogens (tertiary/aromatic N) is 1. The highest BCUT2D eigenvalue weighted by atomic mass is 16.5. The van der Waals surface area contributed by atoms with E-state index in [4.69, 9.17) is 9.47 Å². The zero-order valence-electron chi connectivity index (χ0n) is 17.1. The van der Waals surface area contributed by atoms with E-state index in [-0.39, 0.29) is 24.5 Å². The molecule has 3 atom stereocenters. The maximum atomic E-state index is 12.8. The molecule has 1 aromatic rings. The van der Waals surface area contributed by atoms with Gasteiger partial charge in [0.2, 0.25) is 5.91 Å². The molecule has 1 saturated heterocycles. The number of rotatable bonds is 9. The lowest BCUT2D eigenvalue weighted by atomic mass is 10.0. The topological polar surface area (TPSA) is 102 Å².